The fourth-order valence-electron chi connectivity index (χ4n) is 4.56. The Morgan fingerprint density at radius 1 is 1.00 bits per heavy atom. The second kappa shape index (κ2) is 8.47. The lowest BCUT2D eigenvalue weighted by molar-refractivity contribution is 0.0735. The largest absolute Gasteiger partial charge is 0.332 e. The lowest BCUT2D eigenvalue weighted by atomic mass is 10.0. The monoisotopic (exact) mass is 430 g/mol. The molecule has 2 unspecified atom stereocenters. The first-order valence-electron chi connectivity index (χ1n) is 10.6. The second-order valence-electron chi connectivity index (χ2n) is 8.20. The molecule has 2 aromatic rings. The van der Waals surface area contributed by atoms with Gasteiger partial charge in [-0.2, -0.15) is 4.31 Å². The molecule has 0 aliphatic carbocycles. The number of hydrogen-bond donors (Lipinski definition) is 0. The second-order valence-corrected chi connectivity index (χ2v) is 10.1. The number of carbonyl (C=O) groups excluding carboxylic acids is 1. The smallest absolute Gasteiger partial charge is 0.254 e. The van der Waals surface area contributed by atoms with E-state index in [2.05, 4.69) is 0 Å². The molecule has 5 nitrogen and oxygen atoms in total. The van der Waals surface area contributed by atoms with Gasteiger partial charge < -0.3 is 4.90 Å². The van der Waals surface area contributed by atoms with Crippen LogP contribution in [-0.2, 0) is 10.0 Å². The molecule has 1 amide bonds. The van der Waals surface area contributed by atoms with Crippen molar-refractivity contribution in [3.05, 3.63) is 65.5 Å². The van der Waals surface area contributed by atoms with E-state index in [0.717, 1.165) is 37.7 Å². The molecule has 7 heteroatoms. The highest BCUT2D eigenvalue weighted by Crippen LogP contribution is 2.34. The van der Waals surface area contributed by atoms with Gasteiger partial charge in [0.25, 0.3) is 5.91 Å². The molecule has 0 N–H and O–H groups in total. The van der Waals surface area contributed by atoms with E-state index in [1.165, 1.54) is 18.2 Å². The van der Waals surface area contributed by atoms with E-state index in [1.54, 1.807) is 39.5 Å². The summed E-state index contributed by atoms with van der Waals surface area (Å²) in [6.45, 7) is 3.05. The fourth-order valence-corrected chi connectivity index (χ4v) is 6.31. The summed E-state index contributed by atoms with van der Waals surface area (Å²) >= 11 is 0. The summed E-state index contributed by atoms with van der Waals surface area (Å²) in [5, 5.41) is 0. The average molecular weight is 431 g/mol. The maximum atomic E-state index is 13.3. The van der Waals surface area contributed by atoms with E-state index < -0.39 is 10.0 Å². The number of sulfonamides is 1. The lowest BCUT2D eigenvalue weighted by Crippen LogP contribution is -2.42. The van der Waals surface area contributed by atoms with Gasteiger partial charge in [0.15, 0.2) is 0 Å². The van der Waals surface area contributed by atoms with Crippen LogP contribution in [0.3, 0.4) is 0 Å². The van der Waals surface area contributed by atoms with E-state index in [-0.39, 0.29) is 28.7 Å². The Morgan fingerprint density at radius 2 is 1.77 bits per heavy atom. The zero-order valence-corrected chi connectivity index (χ0v) is 17.9. The summed E-state index contributed by atoms with van der Waals surface area (Å²) in [6, 6.07) is 12.4. The Kier molecular flexibility index (Phi) is 5.93. The average Bonchev–Trinajstić information content (AvgIpc) is 3.24. The number of rotatable bonds is 4. The summed E-state index contributed by atoms with van der Waals surface area (Å²) in [4.78, 5) is 15.2. The number of benzene rings is 2. The summed E-state index contributed by atoms with van der Waals surface area (Å²) in [5.41, 5.74) is 1.27. The predicted molar refractivity (Wildman–Crippen MR) is 113 cm³/mol. The van der Waals surface area contributed by atoms with Gasteiger partial charge in [0.05, 0.1) is 10.9 Å². The molecule has 2 fully saturated rings. The van der Waals surface area contributed by atoms with Gasteiger partial charge >= 0.3 is 0 Å². The molecule has 2 atom stereocenters. The molecule has 0 spiro atoms. The minimum Gasteiger partial charge on any atom is -0.332 e. The predicted octanol–water partition coefficient (Wildman–Crippen LogP) is 4.37. The molecule has 2 heterocycles. The first kappa shape index (κ1) is 21.0. The highest BCUT2D eigenvalue weighted by Gasteiger charge is 2.33. The van der Waals surface area contributed by atoms with Crippen molar-refractivity contribution in [2.24, 2.45) is 0 Å². The van der Waals surface area contributed by atoms with E-state index >= 15 is 0 Å². The van der Waals surface area contributed by atoms with Crippen molar-refractivity contribution in [3.8, 4) is 0 Å². The zero-order chi connectivity index (χ0) is 21.3. The van der Waals surface area contributed by atoms with E-state index in [0.29, 0.717) is 18.7 Å². The van der Waals surface area contributed by atoms with Crippen molar-refractivity contribution in [1.29, 1.82) is 0 Å². The lowest BCUT2D eigenvalue weighted by Gasteiger charge is -2.32. The highest BCUT2D eigenvalue weighted by molar-refractivity contribution is 7.89. The third kappa shape index (κ3) is 4.01. The van der Waals surface area contributed by atoms with Gasteiger partial charge in [0.2, 0.25) is 10.0 Å². The third-order valence-corrected chi connectivity index (χ3v) is 8.21. The molecule has 4 rings (SSSR count). The molecular weight excluding hydrogens is 403 g/mol. The van der Waals surface area contributed by atoms with Crippen LogP contribution >= 0.6 is 0 Å². The van der Waals surface area contributed by atoms with Crippen LogP contribution in [0, 0.1) is 5.82 Å². The van der Waals surface area contributed by atoms with Gasteiger partial charge in [-0.15, -0.1) is 0 Å². The minimum absolute atomic E-state index is 0.0375. The summed E-state index contributed by atoms with van der Waals surface area (Å²) < 4.78 is 41.2. The molecule has 0 aromatic heterocycles. The molecule has 30 heavy (non-hydrogen) atoms. The Labute approximate surface area is 177 Å². The first-order chi connectivity index (χ1) is 14.4. The quantitative estimate of drug-likeness (QED) is 0.724. The molecule has 0 saturated carbocycles. The van der Waals surface area contributed by atoms with Gasteiger partial charge in [-0.05, 0) is 68.5 Å². The maximum absolute atomic E-state index is 13.3. The highest BCUT2D eigenvalue weighted by atomic mass is 32.2. The van der Waals surface area contributed by atoms with Crippen LogP contribution in [0.25, 0.3) is 0 Å². The first-order valence-corrected chi connectivity index (χ1v) is 12.0. The number of piperidine rings is 1. The third-order valence-electron chi connectivity index (χ3n) is 6.20. The maximum Gasteiger partial charge on any atom is 0.254 e. The van der Waals surface area contributed by atoms with Gasteiger partial charge in [-0.3, -0.25) is 4.79 Å². The van der Waals surface area contributed by atoms with Crippen LogP contribution < -0.4 is 0 Å². The van der Waals surface area contributed by atoms with E-state index in [1.807, 2.05) is 6.92 Å². The fraction of sp³-hybridized carbons (Fsp3) is 0.435. The van der Waals surface area contributed by atoms with Crippen molar-refractivity contribution in [3.63, 3.8) is 0 Å². The Morgan fingerprint density at radius 3 is 2.50 bits per heavy atom. The summed E-state index contributed by atoms with van der Waals surface area (Å²) in [6.07, 6.45) is 4.41. The summed E-state index contributed by atoms with van der Waals surface area (Å²) in [5.74, 6) is -0.495. The van der Waals surface area contributed by atoms with Crippen LogP contribution in [-0.4, -0.2) is 42.7 Å². The molecule has 2 saturated heterocycles. The number of carbonyl (C=O) groups is 1. The number of amides is 1. The van der Waals surface area contributed by atoms with Gasteiger partial charge in [0.1, 0.15) is 5.82 Å². The van der Waals surface area contributed by atoms with Gasteiger partial charge in [-0.1, -0.05) is 24.6 Å². The Hall–Kier alpha value is -2.25. The van der Waals surface area contributed by atoms with Crippen molar-refractivity contribution >= 4 is 15.9 Å². The zero-order valence-electron chi connectivity index (χ0n) is 17.1. The van der Waals surface area contributed by atoms with Crippen LogP contribution in [0.1, 0.15) is 61.0 Å². The number of hydrogen-bond acceptors (Lipinski definition) is 3. The Bertz CT molecular complexity index is 1020. The van der Waals surface area contributed by atoms with Crippen molar-refractivity contribution in [2.45, 2.75) is 56.0 Å². The van der Waals surface area contributed by atoms with Crippen LogP contribution in [0.5, 0.6) is 0 Å². The van der Waals surface area contributed by atoms with Crippen LogP contribution in [0.15, 0.2) is 53.4 Å². The standard InChI is InChI=1S/C23H27FN2O3S/c1-17-6-2-3-15-26(17)30(28,29)21-8-4-7-19(16-21)23(27)25-14-5-9-22(25)18-10-12-20(24)13-11-18/h4,7-8,10-13,16-17,22H,2-3,5-6,9,14-15H2,1H3. The van der Waals surface area contributed by atoms with Gasteiger partial charge in [0, 0.05) is 24.7 Å². The van der Waals surface area contributed by atoms with Crippen LogP contribution in [0.2, 0.25) is 0 Å². The van der Waals surface area contributed by atoms with Crippen molar-refractivity contribution in [2.75, 3.05) is 13.1 Å². The Balaban J connectivity index is 1.60. The molecule has 2 aliphatic rings. The van der Waals surface area contributed by atoms with Gasteiger partial charge in [-0.25, -0.2) is 12.8 Å². The molecule has 0 radical (unpaired) electrons. The van der Waals surface area contributed by atoms with Crippen molar-refractivity contribution < 1.29 is 17.6 Å². The van der Waals surface area contributed by atoms with E-state index in [9.17, 15) is 17.6 Å². The number of nitrogens with zero attached hydrogens (tertiary/aromatic N) is 2. The molecule has 0 bridgehead atoms. The van der Waals surface area contributed by atoms with E-state index in [4.69, 9.17) is 0 Å². The molecular formula is C23H27FN2O3S. The normalized spacial score (nSPS) is 22.9. The number of likely N-dealkylation sites (tertiary alicyclic amines) is 1. The minimum atomic E-state index is -3.64. The molecule has 160 valence electrons. The topological polar surface area (TPSA) is 57.7 Å². The summed E-state index contributed by atoms with van der Waals surface area (Å²) in [7, 11) is -3.64. The molecule has 2 aliphatic heterocycles. The SMILES string of the molecule is CC1CCCCN1S(=O)(=O)c1cccc(C(=O)N2CCCC2c2ccc(F)cc2)c1. The molecule has 2 aromatic carbocycles. The van der Waals surface area contributed by atoms with Crippen molar-refractivity contribution in [1.82, 2.24) is 9.21 Å². The van der Waals surface area contributed by atoms with Crippen LogP contribution in [0.4, 0.5) is 4.39 Å². The number of halogens is 1.